The topological polar surface area (TPSA) is 66.9 Å². The van der Waals surface area contributed by atoms with Gasteiger partial charge < -0.3 is 9.32 Å². The number of aromatic nitrogens is 3. The zero-order valence-corrected chi connectivity index (χ0v) is 20.0. The number of hydrogen-bond acceptors (Lipinski definition) is 5. The van der Waals surface area contributed by atoms with Crippen molar-refractivity contribution in [2.75, 3.05) is 26.2 Å². The first kappa shape index (κ1) is 24.1. The highest BCUT2D eigenvalue weighted by Gasteiger charge is 2.36. The van der Waals surface area contributed by atoms with E-state index in [1.165, 1.54) is 6.07 Å². The van der Waals surface area contributed by atoms with E-state index in [0.29, 0.717) is 48.7 Å². The normalized spacial score (nSPS) is 15.2. The van der Waals surface area contributed by atoms with Crippen LogP contribution in [0.4, 0.5) is 13.2 Å². The van der Waals surface area contributed by atoms with E-state index in [0.717, 1.165) is 17.4 Å². The van der Waals surface area contributed by atoms with Crippen molar-refractivity contribution in [3.8, 4) is 11.3 Å². The van der Waals surface area contributed by atoms with Crippen molar-refractivity contribution in [2.45, 2.75) is 32.5 Å². The molecule has 36 heavy (non-hydrogen) atoms. The lowest BCUT2D eigenvalue weighted by molar-refractivity contribution is -0.142. The van der Waals surface area contributed by atoms with Gasteiger partial charge in [-0.25, -0.2) is 9.50 Å². The molecule has 1 amide bonds. The minimum Gasteiger partial charge on any atom is -0.468 e. The van der Waals surface area contributed by atoms with Gasteiger partial charge in [-0.2, -0.15) is 18.3 Å². The van der Waals surface area contributed by atoms with Gasteiger partial charge in [0.05, 0.1) is 18.5 Å². The van der Waals surface area contributed by atoms with E-state index in [1.54, 1.807) is 23.3 Å². The van der Waals surface area contributed by atoms with Crippen molar-refractivity contribution < 1.29 is 22.4 Å². The fourth-order valence-corrected chi connectivity index (χ4v) is 4.36. The standard InChI is InChI=1S/C26H26F3N5O2/c1-17(2)18-5-7-19(8-6-18)21-14-23(26(27,28)29)34-24(30-21)15-22(31-34)25(35)33-11-9-32(10-12-33)16-20-4-3-13-36-20/h3-8,13-15,17H,9-12,16H2,1-2H3. The van der Waals surface area contributed by atoms with Crippen molar-refractivity contribution in [2.24, 2.45) is 0 Å². The number of carbonyl (C=O) groups is 1. The number of rotatable bonds is 5. The summed E-state index contributed by atoms with van der Waals surface area (Å²) in [5, 5.41) is 4.02. The molecule has 1 aliphatic heterocycles. The molecule has 0 saturated carbocycles. The molecule has 0 atom stereocenters. The van der Waals surface area contributed by atoms with Crippen LogP contribution in [0.1, 0.15) is 47.3 Å². The Kier molecular flexibility index (Phi) is 6.29. The minimum absolute atomic E-state index is 0.0208. The molecule has 0 bridgehead atoms. The molecule has 0 unspecified atom stereocenters. The molecule has 4 heterocycles. The average Bonchev–Trinajstić information content (AvgIpc) is 3.52. The summed E-state index contributed by atoms with van der Waals surface area (Å²) >= 11 is 0. The summed E-state index contributed by atoms with van der Waals surface area (Å²) in [7, 11) is 0. The van der Waals surface area contributed by atoms with Crippen LogP contribution < -0.4 is 0 Å². The maximum absolute atomic E-state index is 13.9. The molecule has 7 nitrogen and oxygen atoms in total. The van der Waals surface area contributed by atoms with Crippen molar-refractivity contribution in [3.63, 3.8) is 0 Å². The van der Waals surface area contributed by atoms with Gasteiger partial charge in [-0.15, -0.1) is 0 Å². The number of amides is 1. The number of hydrogen-bond donors (Lipinski definition) is 0. The zero-order chi connectivity index (χ0) is 25.4. The zero-order valence-electron chi connectivity index (χ0n) is 20.0. The number of furan rings is 1. The van der Waals surface area contributed by atoms with Gasteiger partial charge in [0.1, 0.15) is 5.76 Å². The van der Waals surface area contributed by atoms with Gasteiger partial charge in [0.15, 0.2) is 17.0 Å². The molecule has 1 aromatic carbocycles. The van der Waals surface area contributed by atoms with E-state index in [2.05, 4.69) is 15.0 Å². The van der Waals surface area contributed by atoms with Gasteiger partial charge in [0.2, 0.25) is 0 Å². The highest BCUT2D eigenvalue weighted by molar-refractivity contribution is 5.93. The van der Waals surface area contributed by atoms with Gasteiger partial charge in [0, 0.05) is 37.8 Å². The van der Waals surface area contributed by atoms with Gasteiger partial charge in [-0.3, -0.25) is 9.69 Å². The summed E-state index contributed by atoms with van der Waals surface area (Å²) < 4.78 is 47.9. The second-order valence-corrected chi connectivity index (χ2v) is 9.25. The second-order valence-electron chi connectivity index (χ2n) is 9.25. The monoisotopic (exact) mass is 497 g/mol. The molecule has 10 heteroatoms. The Bertz CT molecular complexity index is 1350. The molecular weight excluding hydrogens is 471 g/mol. The van der Waals surface area contributed by atoms with Gasteiger partial charge >= 0.3 is 6.18 Å². The first-order valence-corrected chi connectivity index (χ1v) is 11.8. The molecule has 5 rings (SSSR count). The molecule has 3 aromatic heterocycles. The van der Waals surface area contributed by atoms with E-state index in [4.69, 9.17) is 4.42 Å². The fraction of sp³-hybridized carbons (Fsp3) is 0.346. The van der Waals surface area contributed by atoms with Gasteiger partial charge in [0.25, 0.3) is 5.91 Å². The molecule has 0 radical (unpaired) electrons. The van der Waals surface area contributed by atoms with E-state index >= 15 is 0 Å². The SMILES string of the molecule is CC(C)c1ccc(-c2cc(C(F)(F)F)n3nc(C(=O)N4CCN(Cc5ccco5)CC4)cc3n2)cc1. The quantitative estimate of drug-likeness (QED) is 0.384. The van der Waals surface area contributed by atoms with Crippen LogP contribution in [-0.2, 0) is 12.7 Å². The molecule has 1 saturated heterocycles. The van der Waals surface area contributed by atoms with Crippen LogP contribution in [0.3, 0.4) is 0 Å². The smallest absolute Gasteiger partial charge is 0.433 e. The third kappa shape index (κ3) is 4.86. The summed E-state index contributed by atoms with van der Waals surface area (Å²) in [6.45, 7) is 6.88. The predicted octanol–water partition coefficient (Wildman–Crippen LogP) is 5.09. The fourth-order valence-electron chi connectivity index (χ4n) is 4.36. The Labute approximate surface area is 206 Å². The van der Waals surface area contributed by atoms with E-state index < -0.39 is 17.8 Å². The number of halogens is 3. The molecule has 0 spiro atoms. The van der Waals surface area contributed by atoms with Crippen molar-refractivity contribution >= 4 is 11.6 Å². The van der Waals surface area contributed by atoms with Crippen molar-refractivity contribution in [1.82, 2.24) is 24.4 Å². The van der Waals surface area contributed by atoms with Crippen LogP contribution >= 0.6 is 0 Å². The van der Waals surface area contributed by atoms with E-state index in [9.17, 15) is 18.0 Å². The average molecular weight is 498 g/mol. The Hall–Kier alpha value is -3.66. The van der Waals surface area contributed by atoms with Crippen LogP contribution in [0.2, 0.25) is 0 Å². The Balaban J connectivity index is 1.40. The molecule has 0 N–H and O–H groups in total. The Morgan fingerprint density at radius 2 is 1.78 bits per heavy atom. The summed E-state index contributed by atoms with van der Waals surface area (Å²) in [4.78, 5) is 21.3. The number of piperazine rings is 1. The van der Waals surface area contributed by atoms with Gasteiger partial charge in [-0.05, 0) is 29.7 Å². The molecule has 1 fully saturated rings. The van der Waals surface area contributed by atoms with Crippen LogP contribution in [0, 0.1) is 0 Å². The van der Waals surface area contributed by atoms with Gasteiger partial charge in [-0.1, -0.05) is 38.1 Å². The molecule has 4 aromatic rings. The lowest BCUT2D eigenvalue weighted by Gasteiger charge is -2.33. The summed E-state index contributed by atoms with van der Waals surface area (Å²) in [6, 6.07) is 13.3. The lowest BCUT2D eigenvalue weighted by Crippen LogP contribution is -2.48. The maximum atomic E-state index is 13.9. The lowest BCUT2D eigenvalue weighted by atomic mass is 10.0. The third-order valence-electron chi connectivity index (χ3n) is 6.43. The highest BCUT2D eigenvalue weighted by Crippen LogP contribution is 2.33. The van der Waals surface area contributed by atoms with Crippen LogP contribution in [0.25, 0.3) is 16.9 Å². The third-order valence-corrected chi connectivity index (χ3v) is 6.43. The Morgan fingerprint density at radius 3 is 2.39 bits per heavy atom. The van der Waals surface area contributed by atoms with Crippen molar-refractivity contribution in [1.29, 1.82) is 0 Å². The minimum atomic E-state index is -4.67. The summed E-state index contributed by atoms with van der Waals surface area (Å²) in [5.74, 6) is 0.736. The largest absolute Gasteiger partial charge is 0.468 e. The van der Waals surface area contributed by atoms with Crippen molar-refractivity contribution in [3.05, 3.63) is 77.5 Å². The van der Waals surface area contributed by atoms with E-state index in [-0.39, 0.29) is 17.0 Å². The van der Waals surface area contributed by atoms with Crippen LogP contribution in [0.15, 0.2) is 59.2 Å². The molecule has 1 aliphatic rings. The number of carbonyl (C=O) groups excluding carboxylic acids is 1. The molecular formula is C26H26F3N5O2. The molecule has 188 valence electrons. The van der Waals surface area contributed by atoms with Crippen LogP contribution in [0.5, 0.6) is 0 Å². The number of nitrogens with zero attached hydrogens (tertiary/aromatic N) is 5. The summed E-state index contributed by atoms with van der Waals surface area (Å²) in [6.07, 6.45) is -3.05. The predicted molar refractivity (Wildman–Crippen MR) is 127 cm³/mol. The first-order valence-electron chi connectivity index (χ1n) is 11.8. The second kappa shape index (κ2) is 9.42. The molecule has 0 aliphatic carbocycles. The number of benzene rings is 1. The first-order chi connectivity index (χ1) is 17.2. The summed E-state index contributed by atoms with van der Waals surface area (Å²) in [5.41, 5.74) is 0.771. The number of alkyl halides is 3. The Morgan fingerprint density at radius 1 is 1.06 bits per heavy atom. The number of fused-ring (bicyclic) bond motifs is 1. The highest BCUT2D eigenvalue weighted by atomic mass is 19.4. The van der Waals surface area contributed by atoms with E-state index in [1.807, 2.05) is 38.1 Å². The van der Waals surface area contributed by atoms with Crippen LogP contribution in [-0.4, -0.2) is 56.5 Å². The maximum Gasteiger partial charge on any atom is 0.433 e.